The molecule has 0 unspecified atom stereocenters. The van der Waals surface area contributed by atoms with Crippen LogP contribution in [0.2, 0.25) is 0 Å². The van der Waals surface area contributed by atoms with Gasteiger partial charge in [0.2, 0.25) is 10.0 Å². The number of rotatable bonds is 11. The van der Waals surface area contributed by atoms with Crippen LogP contribution in [0, 0.1) is 0 Å². The van der Waals surface area contributed by atoms with Crippen molar-refractivity contribution in [1.82, 2.24) is 4.98 Å². The number of carbonyl (C=O) groups excluding carboxylic acids is 1. The molecule has 0 spiro atoms. The third-order valence-corrected chi connectivity index (χ3v) is 5.53. The van der Waals surface area contributed by atoms with E-state index < -0.39 is 10.0 Å². The summed E-state index contributed by atoms with van der Waals surface area (Å²) in [4.78, 5) is 16.6. The lowest BCUT2D eigenvalue weighted by atomic mass is 10.2. The van der Waals surface area contributed by atoms with Gasteiger partial charge >= 0.3 is 5.97 Å². The summed E-state index contributed by atoms with van der Waals surface area (Å²) in [6.07, 6.45) is 1.78. The molecule has 0 fully saturated rings. The van der Waals surface area contributed by atoms with Crippen LogP contribution in [0.4, 0.5) is 11.4 Å². The zero-order valence-electron chi connectivity index (χ0n) is 18.9. The second-order valence-corrected chi connectivity index (χ2v) is 9.29. The number of hydrogen-bond acceptors (Lipinski definition) is 7. The molecular formula is C23H29N3O6S. The molecule has 0 saturated heterocycles. The van der Waals surface area contributed by atoms with E-state index in [2.05, 4.69) is 9.71 Å². The Morgan fingerprint density at radius 1 is 1.18 bits per heavy atom. The molecular weight excluding hydrogens is 446 g/mol. The summed E-state index contributed by atoms with van der Waals surface area (Å²) < 4.78 is 37.2. The van der Waals surface area contributed by atoms with Gasteiger partial charge in [0.25, 0.3) is 0 Å². The predicted octanol–water partition coefficient (Wildman–Crippen LogP) is 2.90. The van der Waals surface area contributed by atoms with Crippen molar-refractivity contribution in [2.45, 2.75) is 20.3 Å². The number of nitrogens with one attached hydrogen (secondary N) is 2. The number of hydrogen-bond donors (Lipinski definition) is 3. The molecule has 9 nitrogen and oxygen atoms in total. The molecule has 2 aromatic carbocycles. The second kappa shape index (κ2) is 10.6. The number of esters is 1. The minimum atomic E-state index is -3.45. The number of ether oxygens (including phenoxy) is 2. The number of aliphatic hydroxyl groups is 1. The van der Waals surface area contributed by atoms with Crippen molar-refractivity contribution in [2.75, 3.05) is 42.2 Å². The van der Waals surface area contributed by atoms with E-state index in [0.717, 1.165) is 22.9 Å². The average molecular weight is 476 g/mol. The Kier molecular flexibility index (Phi) is 7.83. The maximum Gasteiger partial charge on any atom is 0.308 e. The van der Waals surface area contributed by atoms with Gasteiger partial charge in [0.05, 0.1) is 42.0 Å². The molecule has 0 radical (unpaired) electrons. The Bertz CT molecular complexity index is 1220. The van der Waals surface area contributed by atoms with E-state index in [-0.39, 0.29) is 12.6 Å². The highest BCUT2D eigenvalue weighted by atomic mass is 32.2. The normalized spacial score (nSPS) is 11.4. The molecule has 178 valence electrons. The van der Waals surface area contributed by atoms with Gasteiger partial charge in [0, 0.05) is 24.9 Å². The number of carbonyl (C=O) groups is 1. The summed E-state index contributed by atoms with van der Waals surface area (Å²) in [7, 11) is -3.45. The third kappa shape index (κ3) is 6.39. The first kappa shape index (κ1) is 24.4. The van der Waals surface area contributed by atoms with Crippen molar-refractivity contribution in [3.63, 3.8) is 0 Å². The van der Waals surface area contributed by atoms with E-state index >= 15 is 0 Å². The van der Waals surface area contributed by atoms with Crippen LogP contribution in [-0.4, -0.2) is 57.0 Å². The highest BCUT2D eigenvalue weighted by Gasteiger charge is 2.16. The van der Waals surface area contributed by atoms with Crippen molar-refractivity contribution >= 4 is 38.3 Å². The summed E-state index contributed by atoms with van der Waals surface area (Å²) in [6, 6.07) is 12.5. The van der Waals surface area contributed by atoms with Crippen LogP contribution < -0.4 is 19.1 Å². The summed E-state index contributed by atoms with van der Waals surface area (Å²) in [5.74, 6) is 0.795. The molecule has 3 N–H and O–H groups in total. The van der Waals surface area contributed by atoms with E-state index in [4.69, 9.17) is 9.47 Å². The molecule has 1 aromatic heterocycles. The Hall–Kier alpha value is -3.24. The van der Waals surface area contributed by atoms with Crippen LogP contribution in [0.25, 0.3) is 10.9 Å². The fraction of sp³-hybridized carbons (Fsp3) is 0.348. The number of aromatic amines is 1. The minimum absolute atomic E-state index is 0.0969. The van der Waals surface area contributed by atoms with E-state index in [1.165, 1.54) is 6.92 Å². The Morgan fingerprint density at radius 3 is 2.61 bits per heavy atom. The SMILES string of the molecule is CCc1[nH]c2cc(OCCN(CCO)c3ccccc3NS(C)(=O)=O)ccc2c1OC(C)=O. The Labute approximate surface area is 193 Å². The van der Waals surface area contributed by atoms with E-state index in [1.54, 1.807) is 30.3 Å². The maximum atomic E-state index is 11.7. The molecule has 0 atom stereocenters. The van der Waals surface area contributed by atoms with Crippen LogP contribution in [-0.2, 0) is 21.2 Å². The monoisotopic (exact) mass is 475 g/mol. The number of H-pyrrole nitrogens is 1. The fourth-order valence-corrected chi connectivity index (χ4v) is 4.16. The maximum absolute atomic E-state index is 11.7. The number of anilines is 2. The molecule has 0 saturated carbocycles. The lowest BCUT2D eigenvalue weighted by molar-refractivity contribution is -0.131. The third-order valence-electron chi connectivity index (χ3n) is 4.93. The van der Waals surface area contributed by atoms with Gasteiger partial charge in [-0.1, -0.05) is 19.1 Å². The summed E-state index contributed by atoms with van der Waals surface area (Å²) in [6.45, 7) is 4.29. The van der Waals surface area contributed by atoms with Crippen molar-refractivity contribution < 1.29 is 27.8 Å². The Balaban J connectivity index is 1.74. The standard InChI is InChI=1S/C23H29N3O6S/c1-4-19-23(32-16(2)28)18-10-9-17(15-21(18)24-19)31-14-12-26(11-13-27)22-8-6-5-7-20(22)25-33(3,29)30/h5-10,15,24-25,27H,4,11-14H2,1-3H3. The van der Waals surface area contributed by atoms with Gasteiger partial charge in [-0.2, -0.15) is 0 Å². The molecule has 0 aliphatic carbocycles. The highest BCUT2D eigenvalue weighted by molar-refractivity contribution is 7.92. The number of sulfonamides is 1. The Morgan fingerprint density at radius 2 is 1.94 bits per heavy atom. The lowest BCUT2D eigenvalue weighted by Crippen LogP contribution is -2.32. The van der Waals surface area contributed by atoms with Crippen molar-refractivity contribution in [2.24, 2.45) is 0 Å². The number of fused-ring (bicyclic) bond motifs is 1. The second-order valence-electron chi connectivity index (χ2n) is 7.54. The number of nitrogens with zero attached hydrogens (tertiary/aromatic N) is 1. The molecule has 0 amide bonds. The first-order valence-corrected chi connectivity index (χ1v) is 12.5. The van der Waals surface area contributed by atoms with Gasteiger partial charge in [0.1, 0.15) is 12.4 Å². The van der Waals surface area contributed by atoms with Crippen LogP contribution >= 0.6 is 0 Å². The van der Waals surface area contributed by atoms with Crippen LogP contribution in [0.15, 0.2) is 42.5 Å². The van der Waals surface area contributed by atoms with Gasteiger partial charge in [-0.3, -0.25) is 9.52 Å². The van der Waals surface area contributed by atoms with E-state index in [9.17, 15) is 18.3 Å². The smallest absolute Gasteiger partial charge is 0.308 e. The number of aryl methyl sites for hydroxylation is 1. The number of benzene rings is 2. The highest BCUT2D eigenvalue weighted by Crippen LogP contribution is 2.33. The molecule has 33 heavy (non-hydrogen) atoms. The summed E-state index contributed by atoms with van der Waals surface area (Å²) in [5.41, 5.74) is 2.72. The zero-order valence-corrected chi connectivity index (χ0v) is 19.7. The first-order chi connectivity index (χ1) is 15.7. The molecule has 0 aliphatic heterocycles. The number of aromatic nitrogens is 1. The number of aliphatic hydroxyl groups excluding tert-OH is 1. The quantitative estimate of drug-likeness (QED) is 0.365. The topological polar surface area (TPSA) is 121 Å². The minimum Gasteiger partial charge on any atom is -0.492 e. The van der Waals surface area contributed by atoms with Gasteiger partial charge in [-0.05, 0) is 30.7 Å². The fourth-order valence-electron chi connectivity index (χ4n) is 3.59. The average Bonchev–Trinajstić information content (AvgIpc) is 3.08. The van der Waals surface area contributed by atoms with Gasteiger partial charge in [0.15, 0.2) is 5.75 Å². The summed E-state index contributed by atoms with van der Waals surface area (Å²) >= 11 is 0. The van der Waals surface area contributed by atoms with Gasteiger partial charge in [-0.25, -0.2) is 8.42 Å². The van der Waals surface area contributed by atoms with Gasteiger partial charge < -0.3 is 24.5 Å². The molecule has 1 heterocycles. The molecule has 3 aromatic rings. The van der Waals surface area contributed by atoms with Crippen LogP contribution in [0.5, 0.6) is 11.5 Å². The van der Waals surface area contributed by atoms with Gasteiger partial charge in [-0.15, -0.1) is 0 Å². The predicted molar refractivity (Wildman–Crippen MR) is 129 cm³/mol. The first-order valence-electron chi connectivity index (χ1n) is 10.6. The lowest BCUT2D eigenvalue weighted by Gasteiger charge is -2.26. The molecule has 0 aliphatic rings. The molecule has 3 rings (SSSR count). The van der Waals surface area contributed by atoms with E-state index in [0.29, 0.717) is 49.0 Å². The van der Waals surface area contributed by atoms with Crippen molar-refractivity contribution in [3.8, 4) is 11.5 Å². The zero-order chi connectivity index (χ0) is 24.0. The largest absolute Gasteiger partial charge is 0.492 e. The van der Waals surface area contributed by atoms with Crippen LogP contribution in [0.3, 0.4) is 0 Å². The van der Waals surface area contributed by atoms with Crippen molar-refractivity contribution in [1.29, 1.82) is 0 Å². The molecule has 0 bridgehead atoms. The van der Waals surface area contributed by atoms with E-state index in [1.807, 2.05) is 24.0 Å². The molecule has 10 heteroatoms. The van der Waals surface area contributed by atoms with Crippen LogP contribution in [0.1, 0.15) is 19.5 Å². The summed E-state index contributed by atoms with van der Waals surface area (Å²) in [5, 5.41) is 10.3. The number of para-hydroxylation sites is 2. The van der Waals surface area contributed by atoms with Crippen molar-refractivity contribution in [3.05, 3.63) is 48.2 Å².